The maximum Gasteiger partial charge on any atom is 0.317 e. The van der Waals surface area contributed by atoms with E-state index in [0.717, 1.165) is 12.8 Å². The Bertz CT molecular complexity index is 452. The van der Waals surface area contributed by atoms with Crippen LogP contribution in [0.5, 0.6) is 0 Å². The van der Waals surface area contributed by atoms with Crippen molar-refractivity contribution in [3.63, 3.8) is 0 Å². The summed E-state index contributed by atoms with van der Waals surface area (Å²) in [6, 6.07) is 9.15. The van der Waals surface area contributed by atoms with Crippen LogP contribution in [0.1, 0.15) is 24.0 Å². The molecule has 1 fully saturated rings. The molecule has 2 bridgehead atoms. The van der Waals surface area contributed by atoms with Crippen molar-refractivity contribution in [2.75, 3.05) is 13.6 Å². The number of fused-ring (bicyclic) bond motifs is 3. The van der Waals surface area contributed by atoms with Crippen molar-refractivity contribution >= 4 is 5.97 Å². The van der Waals surface area contributed by atoms with Gasteiger partial charge in [-0.05, 0) is 55.7 Å². The number of benzene rings is 1. The van der Waals surface area contributed by atoms with E-state index in [9.17, 15) is 4.79 Å². The Hall–Kier alpha value is -1.35. The summed E-state index contributed by atoms with van der Waals surface area (Å²) in [6.07, 6.45) is 4.71. The van der Waals surface area contributed by atoms with E-state index < -0.39 is 5.97 Å². The normalized spacial score (nSPS) is 29.1. The molecule has 19 heavy (non-hydrogen) atoms. The maximum atomic E-state index is 10.9. The summed E-state index contributed by atoms with van der Waals surface area (Å²) in [4.78, 5) is 13.0. The van der Waals surface area contributed by atoms with Crippen molar-refractivity contribution in [2.24, 2.45) is 11.8 Å². The molecule has 3 rings (SSSR count). The van der Waals surface area contributed by atoms with E-state index in [4.69, 9.17) is 5.11 Å². The smallest absolute Gasteiger partial charge is 0.317 e. The van der Waals surface area contributed by atoms with Crippen LogP contribution in [0.3, 0.4) is 0 Å². The number of rotatable bonds is 3. The van der Waals surface area contributed by atoms with Gasteiger partial charge >= 0.3 is 5.97 Å². The molecule has 0 aromatic heterocycles. The second-order valence-corrected chi connectivity index (χ2v) is 6.07. The number of nitrogens with zero attached hydrogens (tertiary/aromatic N) is 1. The molecule has 0 spiro atoms. The third-order valence-electron chi connectivity index (χ3n) is 4.85. The van der Waals surface area contributed by atoms with Gasteiger partial charge in [0, 0.05) is 6.04 Å². The minimum absolute atomic E-state index is 0.161. The van der Waals surface area contributed by atoms with Gasteiger partial charge in [0.05, 0.1) is 6.54 Å². The van der Waals surface area contributed by atoms with Crippen LogP contribution in [0.15, 0.2) is 24.3 Å². The molecule has 1 aromatic carbocycles. The van der Waals surface area contributed by atoms with Crippen LogP contribution in [-0.2, 0) is 17.6 Å². The molecule has 2 aliphatic rings. The minimum Gasteiger partial charge on any atom is -0.480 e. The topological polar surface area (TPSA) is 40.5 Å². The number of hydrogen-bond donors (Lipinski definition) is 1. The third-order valence-corrected chi connectivity index (χ3v) is 4.85. The lowest BCUT2D eigenvalue weighted by atomic mass is 9.94. The molecule has 0 amide bonds. The van der Waals surface area contributed by atoms with Crippen LogP contribution in [0.4, 0.5) is 0 Å². The zero-order valence-electron chi connectivity index (χ0n) is 11.4. The molecule has 0 saturated heterocycles. The van der Waals surface area contributed by atoms with Crippen LogP contribution in [0.2, 0.25) is 0 Å². The number of likely N-dealkylation sites (N-methyl/N-ethyl adjacent to an activating group) is 1. The van der Waals surface area contributed by atoms with Crippen molar-refractivity contribution < 1.29 is 9.90 Å². The highest BCUT2D eigenvalue weighted by Crippen LogP contribution is 2.42. The Morgan fingerprint density at radius 1 is 1.21 bits per heavy atom. The lowest BCUT2D eigenvalue weighted by molar-refractivity contribution is -0.138. The van der Waals surface area contributed by atoms with Gasteiger partial charge in [-0.3, -0.25) is 9.69 Å². The number of hydrogen-bond acceptors (Lipinski definition) is 2. The molecular weight excluding hydrogens is 238 g/mol. The highest BCUT2D eigenvalue weighted by atomic mass is 16.4. The fourth-order valence-corrected chi connectivity index (χ4v) is 4.16. The molecular formula is C16H21NO2. The van der Waals surface area contributed by atoms with Crippen molar-refractivity contribution in [1.29, 1.82) is 0 Å². The molecule has 2 aliphatic carbocycles. The second kappa shape index (κ2) is 4.97. The molecule has 2 atom stereocenters. The molecule has 102 valence electrons. The lowest BCUT2D eigenvalue weighted by Gasteiger charge is -2.31. The van der Waals surface area contributed by atoms with Crippen molar-refractivity contribution in [1.82, 2.24) is 4.90 Å². The first-order valence-corrected chi connectivity index (χ1v) is 7.14. The average Bonchev–Trinajstić information content (AvgIpc) is 2.64. The molecule has 3 nitrogen and oxygen atoms in total. The first kappa shape index (κ1) is 12.7. The van der Waals surface area contributed by atoms with E-state index in [0.29, 0.717) is 17.9 Å². The van der Waals surface area contributed by atoms with E-state index in [1.165, 1.54) is 24.0 Å². The standard InChI is InChI=1S/C16H21NO2/c1-17(10-15(18)19)16-13-6-7-14(16)9-12-5-3-2-4-11(12)8-13/h2-5,13-14,16H,6-10H2,1H3,(H,18,19). The van der Waals surface area contributed by atoms with E-state index in [2.05, 4.69) is 29.2 Å². The molecule has 1 aromatic rings. The van der Waals surface area contributed by atoms with Gasteiger partial charge in [0.1, 0.15) is 0 Å². The predicted molar refractivity (Wildman–Crippen MR) is 74.1 cm³/mol. The monoisotopic (exact) mass is 259 g/mol. The van der Waals surface area contributed by atoms with Gasteiger partial charge in [0.2, 0.25) is 0 Å². The fourth-order valence-electron chi connectivity index (χ4n) is 4.16. The summed E-state index contributed by atoms with van der Waals surface area (Å²) in [5.41, 5.74) is 2.95. The van der Waals surface area contributed by atoms with E-state index in [-0.39, 0.29) is 6.54 Å². The summed E-state index contributed by atoms with van der Waals surface area (Å²) < 4.78 is 0. The number of carboxylic acids is 1. The number of carbonyl (C=O) groups is 1. The number of carboxylic acid groups (broad SMARTS) is 1. The summed E-state index contributed by atoms with van der Waals surface area (Å²) in [7, 11) is 1.97. The predicted octanol–water partition coefficient (Wildman–Crippen LogP) is 2.20. The van der Waals surface area contributed by atoms with Gasteiger partial charge < -0.3 is 5.11 Å². The summed E-state index contributed by atoms with van der Waals surface area (Å²) in [6.45, 7) is 0.161. The van der Waals surface area contributed by atoms with Crippen molar-refractivity contribution in [2.45, 2.75) is 31.7 Å². The Morgan fingerprint density at radius 3 is 2.21 bits per heavy atom. The van der Waals surface area contributed by atoms with Crippen molar-refractivity contribution in [3.8, 4) is 0 Å². The average molecular weight is 259 g/mol. The summed E-state index contributed by atoms with van der Waals surface area (Å²) in [5, 5.41) is 9.01. The molecule has 3 heteroatoms. The molecule has 0 aliphatic heterocycles. The third kappa shape index (κ3) is 2.39. The Labute approximate surface area is 114 Å². The lowest BCUT2D eigenvalue weighted by Crippen LogP contribution is -2.42. The second-order valence-electron chi connectivity index (χ2n) is 6.07. The van der Waals surface area contributed by atoms with Crippen molar-refractivity contribution in [3.05, 3.63) is 35.4 Å². The van der Waals surface area contributed by atoms with Gasteiger partial charge in [-0.1, -0.05) is 24.3 Å². The zero-order valence-corrected chi connectivity index (χ0v) is 11.4. The van der Waals surface area contributed by atoms with Crippen LogP contribution in [0, 0.1) is 11.8 Å². The molecule has 1 saturated carbocycles. The first-order chi connectivity index (χ1) is 9.15. The Balaban J connectivity index is 1.85. The van der Waals surface area contributed by atoms with Gasteiger partial charge in [0.15, 0.2) is 0 Å². The minimum atomic E-state index is -0.719. The SMILES string of the molecule is CN(CC(=O)O)C1C2CCC1Cc1ccccc1C2. The largest absolute Gasteiger partial charge is 0.480 e. The highest BCUT2D eigenvalue weighted by Gasteiger charge is 2.41. The van der Waals surface area contributed by atoms with E-state index >= 15 is 0 Å². The van der Waals surface area contributed by atoms with E-state index in [1.54, 1.807) is 0 Å². The van der Waals surface area contributed by atoms with Crippen LogP contribution < -0.4 is 0 Å². The van der Waals surface area contributed by atoms with E-state index in [1.807, 2.05) is 7.05 Å². The van der Waals surface area contributed by atoms with Crippen LogP contribution in [0.25, 0.3) is 0 Å². The molecule has 1 N–H and O–H groups in total. The molecule has 0 heterocycles. The Kier molecular flexibility index (Phi) is 3.31. The Morgan fingerprint density at radius 2 is 1.74 bits per heavy atom. The van der Waals surface area contributed by atoms with Gasteiger partial charge in [-0.25, -0.2) is 0 Å². The quantitative estimate of drug-likeness (QED) is 0.904. The van der Waals surface area contributed by atoms with Gasteiger partial charge in [-0.2, -0.15) is 0 Å². The summed E-state index contributed by atoms with van der Waals surface area (Å²) in [5.74, 6) is 0.527. The van der Waals surface area contributed by atoms with Gasteiger partial charge in [-0.15, -0.1) is 0 Å². The van der Waals surface area contributed by atoms with Gasteiger partial charge in [0.25, 0.3) is 0 Å². The first-order valence-electron chi connectivity index (χ1n) is 7.14. The van der Waals surface area contributed by atoms with Crippen LogP contribution in [-0.4, -0.2) is 35.6 Å². The number of aliphatic carboxylic acids is 1. The summed E-state index contributed by atoms with van der Waals surface area (Å²) >= 11 is 0. The fraction of sp³-hybridized carbons (Fsp3) is 0.562. The zero-order chi connectivity index (χ0) is 13.4. The maximum absolute atomic E-state index is 10.9. The highest BCUT2D eigenvalue weighted by molar-refractivity contribution is 5.69. The van der Waals surface area contributed by atoms with Crippen LogP contribution >= 0.6 is 0 Å². The molecule has 2 unspecified atom stereocenters. The molecule has 0 radical (unpaired) electrons.